The molecule has 2 radical (unpaired) electrons. The number of aromatic nitrogens is 4. The zero-order chi connectivity index (χ0) is 63.1. The molecule has 464 valence electrons. The third kappa shape index (κ3) is 21.2. The Morgan fingerprint density at radius 2 is 0.633 bits per heavy atom. The number of benzene rings is 8. The maximum atomic E-state index is 10.7. The van der Waals surface area contributed by atoms with Crippen LogP contribution in [0.1, 0.15) is 0 Å². The van der Waals surface area contributed by atoms with Crippen LogP contribution in [0, 0.1) is 18.2 Å². The molecule has 0 atom stereocenters. The van der Waals surface area contributed by atoms with Gasteiger partial charge in [0.1, 0.15) is 16.1 Å². The van der Waals surface area contributed by atoms with Gasteiger partial charge in [0.05, 0.1) is 5.69 Å². The first-order chi connectivity index (χ1) is 42.7. The van der Waals surface area contributed by atoms with Gasteiger partial charge in [0.15, 0.2) is 0 Å². The fourth-order valence-electron chi connectivity index (χ4n) is 9.21. The van der Waals surface area contributed by atoms with Crippen molar-refractivity contribution in [1.29, 1.82) is 0 Å². The number of alkyl halides is 3. The zero-order valence-electron chi connectivity index (χ0n) is 49.6. The van der Waals surface area contributed by atoms with Gasteiger partial charge in [-0.05, 0) is 63.0 Å². The second kappa shape index (κ2) is 38.3. The normalized spacial score (nSPS) is 10.5. The van der Waals surface area contributed by atoms with Gasteiger partial charge in [-0.2, -0.15) is 21.6 Å². The quantitative estimate of drug-likeness (QED) is 0.0400. The first-order valence-electron chi connectivity index (χ1n) is 27.6. The summed E-state index contributed by atoms with van der Waals surface area (Å²) in [6.45, 7) is 4.87. The smallest absolute Gasteiger partial charge is 0.400 e. The first kappa shape index (κ1) is 74.2. The Hall–Kier alpha value is -8.29. The van der Waals surface area contributed by atoms with Gasteiger partial charge >= 0.3 is 15.6 Å². The van der Waals surface area contributed by atoms with E-state index >= 15 is 0 Å². The van der Waals surface area contributed by atoms with E-state index in [1.807, 2.05) is 134 Å². The van der Waals surface area contributed by atoms with Crippen molar-refractivity contribution in [2.75, 3.05) is 14.2 Å². The Morgan fingerprint density at radius 1 is 0.344 bits per heavy atom. The molecule has 0 unspecified atom stereocenters. The molecule has 0 fully saturated rings. The molecule has 90 heavy (non-hydrogen) atoms. The van der Waals surface area contributed by atoms with E-state index in [0.29, 0.717) is 0 Å². The third-order valence-electron chi connectivity index (χ3n) is 13.7. The molecule has 0 amide bonds. The van der Waals surface area contributed by atoms with Gasteiger partial charge in [-0.1, -0.05) is 212 Å². The molecule has 0 bridgehead atoms. The minimum Gasteiger partial charge on any atom is -0.400 e. The Kier molecular flexibility index (Phi) is 31.6. The summed E-state index contributed by atoms with van der Waals surface area (Å²) in [7, 11) is -8.00. The average Bonchev–Trinajstić information content (AvgIpc) is 1.33. The molecular formula is C73H66F3Ir2N4O5SSi2-3. The Balaban J connectivity index is 0.000000251. The largest absolute Gasteiger partial charge is 0.522 e. The molecule has 0 saturated carbocycles. The molecule has 0 saturated heterocycles. The van der Waals surface area contributed by atoms with E-state index in [1.54, 1.807) is 12.4 Å². The van der Waals surface area contributed by atoms with Crippen LogP contribution in [0.4, 0.5) is 13.2 Å². The summed E-state index contributed by atoms with van der Waals surface area (Å²) in [5, 5.41) is 22.4. The van der Waals surface area contributed by atoms with Crippen molar-refractivity contribution in [3.63, 3.8) is 0 Å². The van der Waals surface area contributed by atoms with Crippen molar-refractivity contribution < 1.29 is 76.6 Å². The van der Waals surface area contributed by atoms with Gasteiger partial charge in [0.2, 0.25) is 0 Å². The molecule has 4 aromatic heterocycles. The fourth-order valence-corrected chi connectivity index (χ4v) is 16.4. The standard InChI is InChI=1S/C24H21NSi.C24H20NSi.2C11H8N.CHF3O3S.2CH4O.2Ir/c2*1-26(21-12-4-2-5-13-21,22-14-6-3-7-15-22)23-16-10-11-20(19-23)24-17-8-9-18-25-24;2*1-2-6-10(7-3-1)11-8-4-5-9-12-11;2-1(3,4)8(5,6)7;2*1-2;;/h2-19H,1H3;2-10,12-19H,1H3;2*1-6,8-9H;(H,5,6,7);2*2H,1H3;;/q;3*-1;;;;;. The molecule has 12 aromatic rings. The summed E-state index contributed by atoms with van der Waals surface area (Å²) in [6.07, 6.45) is 7.26. The maximum absolute atomic E-state index is 10.7. The second-order valence-electron chi connectivity index (χ2n) is 19.1. The van der Waals surface area contributed by atoms with Crippen molar-refractivity contribution in [3.05, 3.63) is 328 Å². The Morgan fingerprint density at radius 3 is 0.944 bits per heavy atom. The number of rotatable bonds is 10. The maximum Gasteiger partial charge on any atom is 0.522 e. The fraction of sp³-hybridized carbons (Fsp3) is 0.0685. The monoisotopic (exact) mass is 1610 g/mol. The number of pyridine rings is 4. The van der Waals surface area contributed by atoms with Crippen molar-refractivity contribution in [3.8, 4) is 45.0 Å². The molecule has 8 aromatic carbocycles. The number of nitrogens with zero attached hydrogens (tertiary/aromatic N) is 4. The summed E-state index contributed by atoms with van der Waals surface area (Å²) in [5.74, 6) is 0. The number of aliphatic hydroxyl groups excluding tert-OH is 2. The summed E-state index contributed by atoms with van der Waals surface area (Å²) in [6, 6.07) is 108. The van der Waals surface area contributed by atoms with E-state index in [1.165, 1.54) is 36.7 Å². The van der Waals surface area contributed by atoms with Crippen LogP contribution in [-0.4, -0.2) is 79.0 Å². The van der Waals surface area contributed by atoms with Crippen LogP contribution >= 0.6 is 0 Å². The molecule has 0 spiro atoms. The van der Waals surface area contributed by atoms with E-state index in [0.717, 1.165) is 53.7 Å². The number of hydrogen-bond acceptors (Lipinski definition) is 8. The van der Waals surface area contributed by atoms with Crippen LogP contribution in [-0.2, 0) is 50.3 Å². The number of hydrogen-bond donors (Lipinski definition) is 3. The molecule has 3 N–H and O–H groups in total. The predicted octanol–water partition coefficient (Wildman–Crippen LogP) is 12.2. The molecule has 0 aliphatic heterocycles. The molecule has 17 heteroatoms. The van der Waals surface area contributed by atoms with E-state index < -0.39 is 31.8 Å². The Bertz CT molecular complexity index is 3600. The van der Waals surface area contributed by atoms with E-state index in [2.05, 4.69) is 215 Å². The number of halogens is 3. The van der Waals surface area contributed by atoms with Crippen molar-refractivity contribution in [2.24, 2.45) is 0 Å². The van der Waals surface area contributed by atoms with Crippen LogP contribution in [0.2, 0.25) is 13.1 Å². The van der Waals surface area contributed by atoms with Gasteiger partial charge in [0.25, 0.3) is 0 Å². The number of aliphatic hydroxyl groups is 2. The average molecular weight is 1610 g/mol. The summed E-state index contributed by atoms with van der Waals surface area (Å²) in [5.41, 5.74) is 2.70. The van der Waals surface area contributed by atoms with Crippen LogP contribution < -0.4 is 31.1 Å². The van der Waals surface area contributed by atoms with Crippen LogP contribution in [0.5, 0.6) is 0 Å². The molecule has 0 aliphatic rings. The van der Waals surface area contributed by atoms with E-state index in [9.17, 15) is 13.2 Å². The van der Waals surface area contributed by atoms with Gasteiger partial charge in [0, 0.05) is 84.8 Å². The van der Waals surface area contributed by atoms with Crippen LogP contribution in [0.25, 0.3) is 45.0 Å². The predicted molar refractivity (Wildman–Crippen MR) is 356 cm³/mol. The first-order valence-corrected chi connectivity index (χ1v) is 34.1. The van der Waals surface area contributed by atoms with Crippen molar-refractivity contribution >= 4 is 57.4 Å². The molecule has 12 rings (SSSR count). The van der Waals surface area contributed by atoms with Gasteiger partial charge in [-0.15, -0.1) is 107 Å². The minimum atomic E-state index is -5.84. The van der Waals surface area contributed by atoms with E-state index in [4.69, 9.17) is 23.2 Å². The molecule has 4 heterocycles. The Labute approximate surface area is 555 Å². The van der Waals surface area contributed by atoms with E-state index in [-0.39, 0.29) is 40.2 Å². The summed E-state index contributed by atoms with van der Waals surface area (Å²) in [4.78, 5) is 17.5. The van der Waals surface area contributed by atoms with Crippen molar-refractivity contribution in [2.45, 2.75) is 18.6 Å². The molecular weight excluding hydrogens is 1540 g/mol. The second-order valence-corrected chi connectivity index (χ2v) is 28.5. The van der Waals surface area contributed by atoms with Crippen LogP contribution in [0.3, 0.4) is 0 Å². The van der Waals surface area contributed by atoms with Gasteiger partial charge in [-0.25, -0.2) is 0 Å². The summed E-state index contributed by atoms with van der Waals surface area (Å²) < 4.78 is 57.5. The van der Waals surface area contributed by atoms with Gasteiger partial charge < -0.3 is 25.2 Å². The van der Waals surface area contributed by atoms with Gasteiger partial charge in [-0.3, -0.25) is 9.54 Å². The SMILES string of the molecule is CO.CO.C[Si](c1ccccc1)(c1ccccc1)c1cc[c-]c(-c2ccccn2)c1.C[Si](c1ccccc1)(c1ccccc1)c1cccc(-c2ccccn2)c1.O=S(=O)(O)C(F)(F)F.[Ir].[Ir].[c-]1ccccc1-c1ccccn1.[c-]1ccccc1-c1ccccn1. The van der Waals surface area contributed by atoms with Crippen molar-refractivity contribution in [1.82, 2.24) is 19.9 Å². The summed E-state index contributed by atoms with van der Waals surface area (Å²) >= 11 is 0. The zero-order valence-corrected chi connectivity index (χ0v) is 57.2. The third-order valence-corrected chi connectivity index (χ3v) is 23.2. The molecule has 0 aliphatic carbocycles. The van der Waals surface area contributed by atoms with Crippen LogP contribution in [0.15, 0.2) is 310 Å². The topological polar surface area (TPSA) is 146 Å². The molecule has 9 nitrogen and oxygen atoms in total. The minimum absolute atomic E-state index is 0.